The van der Waals surface area contributed by atoms with Crippen LogP contribution in [0.15, 0.2) is 59.0 Å². The fraction of sp³-hybridized carbons (Fsp3) is 0.296. The van der Waals surface area contributed by atoms with Crippen molar-refractivity contribution in [2.45, 2.75) is 26.1 Å². The molecule has 2 N–H and O–H groups in total. The van der Waals surface area contributed by atoms with Crippen molar-refractivity contribution in [3.05, 3.63) is 77.1 Å². The fourth-order valence-corrected chi connectivity index (χ4v) is 5.06. The molecule has 2 aliphatic heterocycles. The zero-order chi connectivity index (χ0) is 24.5. The second-order valence-corrected chi connectivity index (χ2v) is 9.78. The first kappa shape index (κ1) is 23.5. The van der Waals surface area contributed by atoms with Crippen LogP contribution in [0.25, 0.3) is 5.57 Å². The van der Waals surface area contributed by atoms with E-state index < -0.39 is 5.97 Å². The molecule has 2 atom stereocenters. The molecule has 0 spiro atoms. The SMILES string of the molecule is Cc1ccc(COc2cccc(C3=CCN(CC4Nc5oc(C(=O)O)cc5N4C)CC3)c2)c(P)c1. The van der Waals surface area contributed by atoms with Gasteiger partial charge in [-0.15, -0.1) is 9.24 Å². The maximum Gasteiger partial charge on any atom is 0.371 e. The number of carboxylic acid groups (broad SMARTS) is 1. The van der Waals surface area contributed by atoms with E-state index in [1.54, 1.807) is 6.07 Å². The predicted molar refractivity (Wildman–Crippen MR) is 142 cm³/mol. The lowest BCUT2D eigenvalue weighted by Gasteiger charge is -2.31. The van der Waals surface area contributed by atoms with Crippen molar-refractivity contribution >= 4 is 37.7 Å². The van der Waals surface area contributed by atoms with Crippen LogP contribution in [-0.2, 0) is 6.61 Å². The Morgan fingerprint density at radius 2 is 2.11 bits per heavy atom. The number of anilines is 2. The Labute approximate surface area is 207 Å². The van der Waals surface area contributed by atoms with Gasteiger partial charge in [0.05, 0.1) is 0 Å². The first-order chi connectivity index (χ1) is 16.9. The fourth-order valence-electron chi connectivity index (χ4n) is 4.61. The van der Waals surface area contributed by atoms with E-state index in [1.165, 1.54) is 27.6 Å². The lowest BCUT2D eigenvalue weighted by molar-refractivity contribution is 0.0663. The van der Waals surface area contributed by atoms with Gasteiger partial charge in [-0.1, -0.05) is 42.0 Å². The Kier molecular flexibility index (Phi) is 6.54. The standard InChI is InChI=1S/C27H30N3O4P/c1-17-6-7-20(24(35)12-17)16-33-21-5-3-4-19(13-21)18-8-10-30(11-9-18)15-25-28-26-22(29(25)2)14-23(34-26)27(31)32/h3-8,12-14,25,28H,9-11,15-16,35H2,1-2H3,(H,31,32). The predicted octanol–water partition coefficient (Wildman–Crippen LogP) is 4.34. The number of benzene rings is 2. The molecule has 0 aliphatic carbocycles. The minimum atomic E-state index is -1.06. The summed E-state index contributed by atoms with van der Waals surface area (Å²) in [5.74, 6) is 0.303. The molecular weight excluding hydrogens is 461 g/mol. The van der Waals surface area contributed by atoms with Crippen LogP contribution in [0.5, 0.6) is 5.75 Å². The van der Waals surface area contributed by atoms with Crippen molar-refractivity contribution in [1.29, 1.82) is 0 Å². The van der Waals surface area contributed by atoms with Gasteiger partial charge in [0.1, 0.15) is 24.2 Å². The summed E-state index contributed by atoms with van der Waals surface area (Å²) < 4.78 is 11.5. The van der Waals surface area contributed by atoms with E-state index in [9.17, 15) is 4.79 Å². The molecule has 0 saturated carbocycles. The van der Waals surface area contributed by atoms with Crippen molar-refractivity contribution in [3.63, 3.8) is 0 Å². The quantitative estimate of drug-likeness (QED) is 0.476. The first-order valence-electron chi connectivity index (χ1n) is 11.7. The third kappa shape index (κ3) is 5.07. The number of carboxylic acids is 1. The summed E-state index contributed by atoms with van der Waals surface area (Å²) in [5.41, 5.74) is 5.74. The van der Waals surface area contributed by atoms with Gasteiger partial charge in [-0.05, 0) is 47.5 Å². The molecule has 0 fully saturated rings. The number of likely N-dealkylation sites (N-methyl/N-ethyl adjacent to an activating group) is 1. The van der Waals surface area contributed by atoms with Gasteiger partial charge in [0, 0.05) is 32.7 Å². The third-order valence-corrected chi connectivity index (χ3v) is 7.23. The Balaban J connectivity index is 1.18. The molecule has 7 nitrogen and oxygen atoms in total. The van der Waals surface area contributed by atoms with Gasteiger partial charge in [0.2, 0.25) is 11.6 Å². The number of hydrogen-bond acceptors (Lipinski definition) is 6. The summed E-state index contributed by atoms with van der Waals surface area (Å²) in [6.07, 6.45) is 3.29. The third-order valence-electron chi connectivity index (χ3n) is 6.69. The van der Waals surface area contributed by atoms with Gasteiger partial charge in [0.15, 0.2) is 0 Å². The van der Waals surface area contributed by atoms with Crippen LogP contribution in [0, 0.1) is 6.92 Å². The molecule has 3 aromatic rings. The summed E-state index contributed by atoms with van der Waals surface area (Å²) in [6, 6.07) is 16.3. The van der Waals surface area contributed by atoms with Crippen LogP contribution in [-0.4, -0.2) is 48.8 Å². The molecule has 0 radical (unpaired) electrons. The number of hydrogen-bond donors (Lipinski definition) is 2. The summed E-state index contributed by atoms with van der Waals surface area (Å²) in [6.45, 7) is 5.25. The number of nitrogens with zero attached hydrogens (tertiary/aromatic N) is 2. The largest absolute Gasteiger partial charge is 0.489 e. The van der Waals surface area contributed by atoms with Crippen molar-refractivity contribution in [2.75, 3.05) is 36.9 Å². The van der Waals surface area contributed by atoms with E-state index in [-0.39, 0.29) is 11.9 Å². The van der Waals surface area contributed by atoms with Crippen molar-refractivity contribution in [3.8, 4) is 5.75 Å². The molecule has 3 heterocycles. The monoisotopic (exact) mass is 491 g/mol. The van der Waals surface area contributed by atoms with Gasteiger partial charge in [-0.3, -0.25) is 4.90 Å². The number of aromatic carboxylic acids is 1. The van der Waals surface area contributed by atoms with Crippen LogP contribution in [0.2, 0.25) is 0 Å². The highest BCUT2D eigenvalue weighted by Gasteiger charge is 2.32. The highest BCUT2D eigenvalue weighted by atomic mass is 31.0. The molecule has 1 aromatic heterocycles. The second kappa shape index (κ2) is 9.76. The number of fused-ring (bicyclic) bond motifs is 1. The first-order valence-corrected chi connectivity index (χ1v) is 12.3. The lowest BCUT2D eigenvalue weighted by atomic mass is 9.99. The number of aryl methyl sites for hydroxylation is 1. The van der Waals surface area contributed by atoms with Crippen molar-refractivity contribution in [1.82, 2.24) is 4.90 Å². The second-order valence-electron chi connectivity index (χ2n) is 9.16. The number of furan rings is 1. The summed E-state index contributed by atoms with van der Waals surface area (Å²) in [7, 11) is 4.75. The average Bonchev–Trinajstić information content (AvgIpc) is 3.39. The van der Waals surface area contributed by atoms with Crippen molar-refractivity contribution in [2.24, 2.45) is 0 Å². The number of ether oxygens (including phenoxy) is 1. The highest BCUT2D eigenvalue weighted by Crippen LogP contribution is 2.37. The van der Waals surface area contributed by atoms with Gasteiger partial charge in [0.25, 0.3) is 0 Å². The van der Waals surface area contributed by atoms with E-state index in [4.69, 9.17) is 14.3 Å². The molecule has 0 bridgehead atoms. The van der Waals surface area contributed by atoms with Crippen LogP contribution in [0.4, 0.5) is 11.6 Å². The Morgan fingerprint density at radius 3 is 2.83 bits per heavy atom. The number of nitrogens with one attached hydrogen (secondary N) is 1. The summed E-state index contributed by atoms with van der Waals surface area (Å²) >= 11 is 0. The minimum absolute atomic E-state index is 0.0432. The molecular formula is C27H30N3O4P. The Morgan fingerprint density at radius 1 is 1.26 bits per heavy atom. The van der Waals surface area contributed by atoms with Crippen LogP contribution in [0.1, 0.15) is 33.7 Å². The minimum Gasteiger partial charge on any atom is -0.489 e. The summed E-state index contributed by atoms with van der Waals surface area (Å²) in [5, 5.41) is 13.6. The molecule has 182 valence electrons. The van der Waals surface area contributed by atoms with Crippen LogP contribution in [0.3, 0.4) is 0 Å². The maximum absolute atomic E-state index is 11.1. The molecule has 2 unspecified atom stereocenters. The topological polar surface area (TPSA) is 78.2 Å². The molecule has 2 aliphatic rings. The van der Waals surface area contributed by atoms with Gasteiger partial charge in [-0.2, -0.15) is 0 Å². The maximum atomic E-state index is 11.1. The highest BCUT2D eigenvalue weighted by molar-refractivity contribution is 7.27. The van der Waals surface area contributed by atoms with Crippen molar-refractivity contribution < 1.29 is 19.1 Å². The van der Waals surface area contributed by atoms with E-state index in [0.29, 0.717) is 12.5 Å². The van der Waals surface area contributed by atoms with Gasteiger partial charge < -0.3 is 24.5 Å². The Hall–Kier alpha value is -3.28. The van der Waals surface area contributed by atoms with Crippen LogP contribution >= 0.6 is 9.24 Å². The number of carbonyl (C=O) groups is 1. The zero-order valence-electron chi connectivity index (χ0n) is 20.0. The van der Waals surface area contributed by atoms with Crippen LogP contribution < -0.4 is 20.3 Å². The molecule has 8 heteroatoms. The Bertz CT molecular complexity index is 1290. The lowest BCUT2D eigenvalue weighted by Crippen LogP contribution is -2.44. The zero-order valence-corrected chi connectivity index (χ0v) is 21.1. The van der Waals surface area contributed by atoms with E-state index in [2.05, 4.69) is 68.9 Å². The molecule has 35 heavy (non-hydrogen) atoms. The van der Waals surface area contributed by atoms with Gasteiger partial charge >= 0.3 is 5.97 Å². The normalized spacial score (nSPS) is 17.6. The number of rotatable bonds is 7. The van der Waals surface area contributed by atoms with Gasteiger partial charge in [-0.25, -0.2) is 4.79 Å². The molecule has 0 amide bonds. The molecule has 2 aromatic carbocycles. The average molecular weight is 492 g/mol. The van der Waals surface area contributed by atoms with E-state index in [0.717, 1.165) is 37.5 Å². The molecule has 0 saturated heterocycles. The smallest absolute Gasteiger partial charge is 0.371 e. The summed E-state index contributed by atoms with van der Waals surface area (Å²) in [4.78, 5) is 15.6. The van der Waals surface area contributed by atoms with E-state index in [1.807, 2.05) is 18.0 Å². The van der Waals surface area contributed by atoms with E-state index >= 15 is 0 Å². The molecule has 5 rings (SSSR count).